The van der Waals surface area contributed by atoms with Crippen LogP contribution in [0, 0.1) is 0 Å². The first-order valence-corrected chi connectivity index (χ1v) is 7.27. The number of carbonyl (C=O) groups excluding carboxylic acids is 1. The van der Waals surface area contributed by atoms with Crippen molar-refractivity contribution in [2.45, 2.75) is 39.0 Å². The summed E-state index contributed by atoms with van der Waals surface area (Å²) in [5, 5.41) is 3.00. The summed E-state index contributed by atoms with van der Waals surface area (Å²) in [7, 11) is 0. The number of likely N-dealkylation sites (tertiary alicyclic amines) is 1. The number of nitrogens with zero attached hydrogens (tertiary/aromatic N) is 1. The van der Waals surface area contributed by atoms with Crippen LogP contribution in [0.4, 0.5) is 5.69 Å². The Balaban J connectivity index is 1.82. The minimum absolute atomic E-state index is 0.118. The largest absolute Gasteiger partial charge is 0.326 e. The first kappa shape index (κ1) is 14.1. The lowest BCUT2D eigenvalue weighted by Gasteiger charge is -2.14. The second-order valence-corrected chi connectivity index (χ2v) is 5.63. The minimum atomic E-state index is 0.118. The molecule has 0 atom stereocenters. The topological polar surface area (TPSA) is 32.3 Å². The van der Waals surface area contributed by atoms with Gasteiger partial charge in [-0.3, -0.25) is 4.79 Å². The Morgan fingerprint density at radius 2 is 2.05 bits per heavy atom. The average Bonchev–Trinajstić information content (AvgIpc) is 2.90. The maximum Gasteiger partial charge on any atom is 0.225 e. The molecule has 1 heterocycles. The number of carbonyl (C=O) groups is 1. The van der Waals surface area contributed by atoms with Gasteiger partial charge >= 0.3 is 0 Å². The van der Waals surface area contributed by atoms with E-state index in [-0.39, 0.29) is 5.91 Å². The summed E-state index contributed by atoms with van der Waals surface area (Å²) < 4.78 is 0. The number of rotatable bonds is 5. The summed E-state index contributed by atoms with van der Waals surface area (Å²) >= 11 is 0. The van der Waals surface area contributed by atoms with Crippen LogP contribution in [0.15, 0.2) is 24.3 Å². The van der Waals surface area contributed by atoms with Crippen molar-refractivity contribution in [2.24, 2.45) is 0 Å². The van der Waals surface area contributed by atoms with Crippen LogP contribution in [-0.2, 0) is 4.79 Å². The molecule has 0 aliphatic carbocycles. The molecule has 19 heavy (non-hydrogen) atoms. The summed E-state index contributed by atoms with van der Waals surface area (Å²) in [5.74, 6) is 0.606. The summed E-state index contributed by atoms with van der Waals surface area (Å²) in [6, 6.07) is 8.13. The third-order valence-corrected chi connectivity index (χ3v) is 3.69. The molecule has 0 radical (unpaired) electrons. The Morgan fingerprint density at radius 3 is 2.74 bits per heavy atom. The molecule has 1 saturated heterocycles. The Hall–Kier alpha value is -1.35. The smallest absolute Gasteiger partial charge is 0.225 e. The van der Waals surface area contributed by atoms with Gasteiger partial charge in [-0.25, -0.2) is 0 Å². The van der Waals surface area contributed by atoms with E-state index in [2.05, 4.69) is 36.2 Å². The highest BCUT2D eigenvalue weighted by molar-refractivity contribution is 5.90. The molecule has 0 spiro atoms. The highest BCUT2D eigenvalue weighted by atomic mass is 16.1. The predicted molar refractivity (Wildman–Crippen MR) is 79.5 cm³/mol. The van der Waals surface area contributed by atoms with Crippen LogP contribution in [0.3, 0.4) is 0 Å². The Labute approximate surface area is 116 Å². The second kappa shape index (κ2) is 6.71. The van der Waals surface area contributed by atoms with Gasteiger partial charge in [-0.2, -0.15) is 0 Å². The van der Waals surface area contributed by atoms with E-state index in [1.54, 1.807) is 0 Å². The maximum absolute atomic E-state index is 11.9. The average molecular weight is 260 g/mol. The van der Waals surface area contributed by atoms with Crippen LogP contribution in [0.5, 0.6) is 0 Å². The highest BCUT2D eigenvalue weighted by Crippen LogP contribution is 2.18. The molecule has 0 unspecified atom stereocenters. The molecule has 104 valence electrons. The van der Waals surface area contributed by atoms with Crippen LogP contribution >= 0.6 is 0 Å². The molecular formula is C16H24N2O. The zero-order valence-corrected chi connectivity index (χ0v) is 12.0. The molecule has 1 aromatic carbocycles. The number of benzene rings is 1. The second-order valence-electron chi connectivity index (χ2n) is 5.63. The van der Waals surface area contributed by atoms with Crippen LogP contribution in [0.1, 0.15) is 44.6 Å². The number of hydrogen-bond acceptors (Lipinski definition) is 2. The van der Waals surface area contributed by atoms with Crippen LogP contribution < -0.4 is 5.32 Å². The molecule has 1 aromatic rings. The molecular weight excluding hydrogens is 236 g/mol. The number of nitrogens with one attached hydrogen (secondary N) is 1. The van der Waals surface area contributed by atoms with E-state index in [1.807, 2.05) is 12.1 Å². The fourth-order valence-electron chi connectivity index (χ4n) is 2.46. The molecule has 3 heteroatoms. The van der Waals surface area contributed by atoms with Gasteiger partial charge in [0.1, 0.15) is 0 Å². The van der Waals surface area contributed by atoms with Gasteiger partial charge in [0.25, 0.3) is 0 Å². The predicted octanol–water partition coefficient (Wildman–Crippen LogP) is 3.23. The number of hydrogen-bond donors (Lipinski definition) is 1. The van der Waals surface area contributed by atoms with Crippen molar-refractivity contribution in [3.05, 3.63) is 29.8 Å². The summed E-state index contributed by atoms with van der Waals surface area (Å²) in [4.78, 5) is 14.3. The third-order valence-electron chi connectivity index (χ3n) is 3.69. The van der Waals surface area contributed by atoms with Crippen molar-refractivity contribution >= 4 is 11.6 Å². The van der Waals surface area contributed by atoms with Gasteiger partial charge in [-0.05, 0) is 49.5 Å². The normalized spacial score (nSPS) is 15.9. The Bertz CT molecular complexity index is 423. The third kappa shape index (κ3) is 4.35. The zero-order chi connectivity index (χ0) is 13.7. The molecule has 2 rings (SSSR count). The molecule has 1 aliphatic heterocycles. The fourth-order valence-corrected chi connectivity index (χ4v) is 2.46. The molecule has 1 N–H and O–H groups in total. The number of amides is 1. The van der Waals surface area contributed by atoms with E-state index in [0.29, 0.717) is 12.3 Å². The van der Waals surface area contributed by atoms with Gasteiger partial charge in [0.15, 0.2) is 0 Å². The van der Waals surface area contributed by atoms with E-state index >= 15 is 0 Å². The lowest BCUT2D eigenvalue weighted by atomic mass is 10.0. The van der Waals surface area contributed by atoms with Crippen molar-refractivity contribution in [1.82, 2.24) is 4.90 Å². The van der Waals surface area contributed by atoms with Gasteiger partial charge < -0.3 is 10.2 Å². The van der Waals surface area contributed by atoms with Gasteiger partial charge in [0, 0.05) is 18.7 Å². The molecule has 0 bridgehead atoms. The molecule has 0 aromatic heterocycles. The monoisotopic (exact) mass is 260 g/mol. The van der Waals surface area contributed by atoms with Gasteiger partial charge in [0.2, 0.25) is 5.91 Å². The summed E-state index contributed by atoms with van der Waals surface area (Å²) in [5.41, 5.74) is 2.18. The fraction of sp³-hybridized carbons (Fsp3) is 0.562. The lowest BCUT2D eigenvalue weighted by Crippen LogP contribution is -2.25. The van der Waals surface area contributed by atoms with Crippen LogP contribution in [-0.4, -0.2) is 30.4 Å². The van der Waals surface area contributed by atoms with Crippen molar-refractivity contribution < 1.29 is 4.79 Å². The minimum Gasteiger partial charge on any atom is -0.326 e. The van der Waals surface area contributed by atoms with E-state index in [4.69, 9.17) is 0 Å². The van der Waals surface area contributed by atoms with Crippen molar-refractivity contribution in [3.8, 4) is 0 Å². The van der Waals surface area contributed by atoms with Crippen LogP contribution in [0.2, 0.25) is 0 Å². The molecule has 1 aliphatic rings. The van der Waals surface area contributed by atoms with E-state index in [1.165, 1.54) is 18.4 Å². The molecule has 3 nitrogen and oxygen atoms in total. The van der Waals surface area contributed by atoms with E-state index in [9.17, 15) is 4.79 Å². The van der Waals surface area contributed by atoms with Crippen LogP contribution in [0.25, 0.3) is 0 Å². The molecule has 1 amide bonds. The van der Waals surface area contributed by atoms with Crippen molar-refractivity contribution in [3.63, 3.8) is 0 Å². The van der Waals surface area contributed by atoms with E-state index in [0.717, 1.165) is 25.3 Å². The molecule has 0 saturated carbocycles. The summed E-state index contributed by atoms with van der Waals surface area (Å²) in [6.07, 6.45) is 3.14. The van der Waals surface area contributed by atoms with Gasteiger partial charge in [-0.1, -0.05) is 26.0 Å². The maximum atomic E-state index is 11.9. The number of anilines is 1. The van der Waals surface area contributed by atoms with Crippen molar-refractivity contribution in [2.75, 3.05) is 25.0 Å². The van der Waals surface area contributed by atoms with Gasteiger partial charge in [0.05, 0.1) is 0 Å². The Morgan fingerprint density at radius 1 is 1.32 bits per heavy atom. The highest BCUT2D eigenvalue weighted by Gasteiger charge is 2.13. The van der Waals surface area contributed by atoms with Crippen molar-refractivity contribution in [1.29, 1.82) is 0 Å². The lowest BCUT2D eigenvalue weighted by molar-refractivity contribution is -0.116. The first-order valence-electron chi connectivity index (χ1n) is 7.27. The van der Waals surface area contributed by atoms with E-state index < -0.39 is 0 Å². The molecule has 1 fully saturated rings. The first-order chi connectivity index (χ1) is 9.15. The SMILES string of the molecule is CC(C)c1cccc(NC(=O)CCN2CCCC2)c1. The zero-order valence-electron chi connectivity index (χ0n) is 12.0. The summed E-state index contributed by atoms with van der Waals surface area (Å²) in [6.45, 7) is 7.50. The Kier molecular flexibility index (Phi) is 4.97. The quantitative estimate of drug-likeness (QED) is 0.881. The standard InChI is InChI=1S/C16H24N2O/c1-13(2)14-6-5-7-15(12-14)17-16(19)8-11-18-9-3-4-10-18/h5-7,12-13H,3-4,8-11H2,1-2H3,(H,17,19). The van der Waals surface area contributed by atoms with Gasteiger partial charge in [-0.15, -0.1) is 0 Å².